The van der Waals surface area contributed by atoms with Gasteiger partial charge in [-0.3, -0.25) is 9.59 Å². The molecule has 2 rings (SSSR count). The minimum Gasteiger partial charge on any atom is -0.341 e. The van der Waals surface area contributed by atoms with Gasteiger partial charge in [-0.1, -0.05) is 32.0 Å². The lowest BCUT2D eigenvalue weighted by Gasteiger charge is -2.24. The quantitative estimate of drug-likeness (QED) is 0.798. The zero-order valence-corrected chi connectivity index (χ0v) is 12.3. The molecule has 1 aromatic carbocycles. The molecule has 0 atom stereocenters. The lowest BCUT2D eigenvalue weighted by Crippen LogP contribution is -2.41. The van der Waals surface area contributed by atoms with Crippen LogP contribution in [-0.4, -0.2) is 41.2 Å². The maximum atomic E-state index is 12.3. The highest BCUT2D eigenvalue weighted by molar-refractivity contribution is 6.00. The molecule has 20 heavy (non-hydrogen) atoms. The highest BCUT2D eigenvalue weighted by Gasteiger charge is 2.29. The normalized spacial score (nSPS) is 13.5. The first-order valence-electron chi connectivity index (χ1n) is 7.32. The molecular formula is C16H22N2O2. The number of rotatable bonds is 6. The summed E-state index contributed by atoms with van der Waals surface area (Å²) in [7, 11) is 0. The number of benzene rings is 1. The number of hydrogen-bond donors (Lipinski definition) is 0. The van der Waals surface area contributed by atoms with Gasteiger partial charge < -0.3 is 9.80 Å². The van der Waals surface area contributed by atoms with E-state index in [9.17, 15) is 9.59 Å². The van der Waals surface area contributed by atoms with E-state index in [0.29, 0.717) is 6.54 Å². The van der Waals surface area contributed by atoms with Crippen LogP contribution in [0.25, 0.3) is 0 Å². The first-order valence-corrected chi connectivity index (χ1v) is 7.32. The predicted octanol–water partition coefficient (Wildman–Crippen LogP) is 2.29. The van der Waals surface area contributed by atoms with Crippen LogP contribution in [0.2, 0.25) is 0 Å². The summed E-state index contributed by atoms with van der Waals surface area (Å²) in [4.78, 5) is 28.0. The molecule has 0 radical (unpaired) electrons. The van der Waals surface area contributed by atoms with Gasteiger partial charge in [-0.15, -0.1) is 0 Å². The van der Waals surface area contributed by atoms with Gasteiger partial charge in [0, 0.05) is 25.2 Å². The highest BCUT2D eigenvalue weighted by atomic mass is 16.2. The van der Waals surface area contributed by atoms with Crippen molar-refractivity contribution in [3.63, 3.8) is 0 Å². The molecule has 4 nitrogen and oxygen atoms in total. The van der Waals surface area contributed by atoms with Crippen molar-refractivity contribution in [1.82, 2.24) is 9.80 Å². The second kappa shape index (κ2) is 6.55. The number of nitrogens with zero attached hydrogens (tertiary/aromatic N) is 2. The molecule has 0 saturated heterocycles. The fraction of sp³-hybridized carbons (Fsp3) is 0.500. The van der Waals surface area contributed by atoms with E-state index in [0.717, 1.165) is 37.1 Å². The van der Waals surface area contributed by atoms with Crippen molar-refractivity contribution in [3.8, 4) is 0 Å². The third-order valence-electron chi connectivity index (χ3n) is 3.56. The van der Waals surface area contributed by atoms with Crippen molar-refractivity contribution in [3.05, 3.63) is 35.4 Å². The molecule has 1 heterocycles. The third kappa shape index (κ3) is 3.00. The van der Waals surface area contributed by atoms with Gasteiger partial charge in [-0.2, -0.15) is 0 Å². The summed E-state index contributed by atoms with van der Waals surface area (Å²) in [5.41, 5.74) is 1.75. The molecule has 0 fully saturated rings. The monoisotopic (exact) mass is 274 g/mol. The maximum absolute atomic E-state index is 12.3. The summed E-state index contributed by atoms with van der Waals surface area (Å²) in [6.45, 7) is 6.39. The molecule has 4 heteroatoms. The van der Waals surface area contributed by atoms with E-state index in [4.69, 9.17) is 0 Å². The van der Waals surface area contributed by atoms with Crippen LogP contribution in [0.1, 0.15) is 42.6 Å². The maximum Gasteiger partial charge on any atom is 0.254 e. The second-order valence-electron chi connectivity index (χ2n) is 5.20. The molecule has 108 valence electrons. The molecule has 0 aromatic heterocycles. The molecular weight excluding hydrogens is 252 g/mol. The van der Waals surface area contributed by atoms with Gasteiger partial charge in [0.1, 0.15) is 6.54 Å². The SMILES string of the molecule is CCCN(CCC)C(=O)CN1Cc2ccccc2C1=O. The topological polar surface area (TPSA) is 40.6 Å². The van der Waals surface area contributed by atoms with Gasteiger partial charge >= 0.3 is 0 Å². The number of carbonyl (C=O) groups is 2. The van der Waals surface area contributed by atoms with E-state index < -0.39 is 0 Å². The van der Waals surface area contributed by atoms with Gasteiger partial charge in [-0.25, -0.2) is 0 Å². The van der Waals surface area contributed by atoms with Crippen molar-refractivity contribution < 1.29 is 9.59 Å². The molecule has 0 unspecified atom stereocenters. The third-order valence-corrected chi connectivity index (χ3v) is 3.56. The van der Waals surface area contributed by atoms with Gasteiger partial charge in [0.15, 0.2) is 0 Å². The Kier molecular flexibility index (Phi) is 4.77. The van der Waals surface area contributed by atoms with Crippen molar-refractivity contribution in [2.24, 2.45) is 0 Å². The summed E-state index contributed by atoms with van der Waals surface area (Å²) in [6.07, 6.45) is 1.89. The first kappa shape index (κ1) is 14.6. The molecule has 0 bridgehead atoms. The molecule has 0 spiro atoms. The molecule has 2 amide bonds. The van der Waals surface area contributed by atoms with Crippen LogP contribution in [0.15, 0.2) is 24.3 Å². The first-order chi connectivity index (χ1) is 9.67. The minimum atomic E-state index is -0.0260. The molecule has 0 saturated carbocycles. The molecule has 0 aliphatic carbocycles. The van der Waals surface area contributed by atoms with E-state index >= 15 is 0 Å². The number of carbonyl (C=O) groups excluding carboxylic acids is 2. The Hall–Kier alpha value is -1.84. The summed E-state index contributed by atoms with van der Waals surface area (Å²) in [5, 5.41) is 0. The second-order valence-corrected chi connectivity index (χ2v) is 5.20. The van der Waals surface area contributed by atoms with Crippen LogP contribution >= 0.6 is 0 Å². The Bertz CT molecular complexity index is 493. The van der Waals surface area contributed by atoms with Crippen LogP contribution in [0.5, 0.6) is 0 Å². The molecule has 1 aromatic rings. The zero-order valence-electron chi connectivity index (χ0n) is 12.3. The van der Waals surface area contributed by atoms with Crippen LogP contribution < -0.4 is 0 Å². The van der Waals surface area contributed by atoms with Crippen molar-refractivity contribution in [2.75, 3.05) is 19.6 Å². The number of amides is 2. The Labute approximate surface area is 120 Å². The Balaban J connectivity index is 2.01. The molecule has 1 aliphatic rings. The van der Waals surface area contributed by atoms with Gasteiger partial charge in [0.05, 0.1) is 0 Å². The van der Waals surface area contributed by atoms with Crippen LogP contribution in [-0.2, 0) is 11.3 Å². The van der Waals surface area contributed by atoms with Crippen LogP contribution in [0, 0.1) is 0 Å². The minimum absolute atomic E-state index is 0.0260. The largest absolute Gasteiger partial charge is 0.341 e. The van der Waals surface area contributed by atoms with Gasteiger partial charge in [0.25, 0.3) is 5.91 Å². The summed E-state index contributed by atoms with van der Waals surface area (Å²) in [6, 6.07) is 7.58. The van der Waals surface area contributed by atoms with E-state index in [1.165, 1.54) is 0 Å². The lowest BCUT2D eigenvalue weighted by atomic mass is 10.1. The standard InChI is InChI=1S/C16H22N2O2/c1-3-9-17(10-4-2)15(19)12-18-11-13-7-5-6-8-14(13)16(18)20/h5-8H,3-4,9-12H2,1-2H3. The van der Waals surface area contributed by atoms with E-state index in [1.54, 1.807) is 4.90 Å². The average molecular weight is 274 g/mol. The molecule has 0 N–H and O–H groups in total. The van der Waals surface area contributed by atoms with E-state index in [2.05, 4.69) is 13.8 Å². The predicted molar refractivity (Wildman–Crippen MR) is 78.3 cm³/mol. The van der Waals surface area contributed by atoms with Crippen LogP contribution in [0.3, 0.4) is 0 Å². The lowest BCUT2D eigenvalue weighted by molar-refractivity contribution is -0.132. The Morgan fingerprint density at radius 2 is 1.85 bits per heavy atom. The molecule has 1 aliphatic heterocycles. The van der Waals surface area contributed by atoms with Crippen molar-refractivity contribution in [1.29, 1.82) is 0 Å². The zero-order chi connectivity index (χ0) is 14.5. The van der Waals surface area contributed by atoms with Crippen LogP contribution in [0.4, 0.5) is 0 Å². The van der Waals surface area contributed by atoms with Gasteiger partial charge in [0.2, 0.25) is 5.91 Å². The van der Waals surface area contributed by atoms with E-state index in [-0.39, 0.29) is 18.4 Å². The summed E-state index contributed by atoms with van der Waals surface area (Å²) >= 11 is 0. The summed E-state index contributed by atoms with van der Waals surface area (Å²) in [5.74, 6) is 0.0248. The highest BCUT2D eigenvalue weighted by Crippen LogP contribution is 2.22. The smallest absolute Gasteiger partial charge is 0.254 e. The van der Waals surface area contributed by atoms with Crippen molar-refractivity contribution in [2.45, 2.75) is 33.2 Å². The summed E-state index contributed by atoms with van der Waals surface area (Å²) < 4.78 is 0. The fourth-order valence-corrected chi connectivity index (χ4v) is 2.61. The fourth-order valence-electron chi connectivity index (χ4n) is 2.61. The number of fused-ring (bicyclic) bond motifs is 1. The number of hydrogen-bond acceptors (Lipinski definition) is 2. The Morgan fingerprint density at radius 1 is 1.20 bits per heavy atom. The van der Waals surface area contributed by atoms with E-state index in [1.807, 2.05) is 29.2 Å². The van der Waals surface area contributed by atoms with Gasteiger partial charge in [-0.05, 0) is 24.5 Å². The van der Waals surface area contributed by atoms with Crippen molar-refractivity contribution >= 4 is 11.8 Å². The Morgan fingerprint density at radius 3 is 2.45 bits per heavy atom. The average Bonchev–Trinajstić information content (AvgIpc) is 2.76.